The molecule has 0 atom stereocenters. The molecule has 0 spiro atoms. The Morgan fingerprint density at radius 1 is 1.00 bits per heavy atom. The van der Waals surface area contributed by atoms with Crippen molar-refractivity contribution < 1.29 is 19.9 Å². The van der Waals surface area contributed by atoms with Gasteiger partial charge in [0.1, 0.15) is 0 Å². The molecule has 1 aromatic rings. The monoisotopic (exact) mass is 339 g/mol. The zero-order valence-corrected chi connectivity index (χ0v) is 14.4. The van der Waals surface area contributed by atoms with Crippen molar-refractivity contribution in [2.24, 2.45) is 0 Å². The first-order valence-electron chi connectivity index (χ1n) is 8.63. The molecule has 0 heterocycles. The summed E-state index contributed by atoms with van der Waals surface area (Å²) in [7, 11) is 0. The van der Waals surface area contributed by atoms with Gasteiger partial charge < -0.3 is 10.2 Å². The van der Waals surface area contributed by atoms with Crippen molar-refractivity contribution in [3.63, 3.8) is 0 Å². The molecular weight excluding hydrogens is 310 g/mol. The number of para-hydroxylation sites is 2. The fraction of sp³-hybridized carbons (Fsp3) is 0.611. The van der Waals surface area contributed by atoms with Gasteiger partial charge in [0.25, 0.3) is 0 Å². The Morgan fingerprint density at radius 3 is 1.92 bits per heavy atom. The third kappa shape index (κ3) is 12.4. The van der Waals surface area contributed by atoms with Crippen molar-refractivity contribution in [2.75, 3.05) is 0 Å². The lowest BCUT2D eigenvalue weighted by Gasteiger charge is -2.00. The minimum Gasteiger partial charge on any atom is -0.502 e. The largest absolute Gasteiger partial charge is 0.502 e. The highest BCUT2D eigenvalue weighted by Gasteiger charge is 2.09. The zero-order valence-electron chi connectivity index (χ0n) is 14.4. The number of nitro groups is 1. The number of carboxylic acid groups (broad SMARTS) is 1. The number of hydrogen-bond acceptors (Lipinski definition) is 4. The van der Waals surface area contributed by atoms with Gasteiger partial charge in [0, 0.05) is 12.5 Å². The van der Waals surface area contributed by atoms with E-state index < -0.39 is 10.9 Å². The summed E-state index contributed by atoms with van der Waals surface area (Å²) >= 11 is 0. The average molecular weight is 339 g/mol. The van der Waals surface area contributed by atoms with Gasteiger partial charge in [-0.15, -0.1) is 0 Å². The Labute approximate surface area is 143 Å². The minimum absolute atomic E-state index is 0.262. The molecule has 0 radical (unpaired) electrons. The number of phenols is 1. The lowest BCUT2D eigenvalue weighted by Crippen LogP contribution is -1.93. The quantitative estimate of drug-likeness (QED) is 0.324. The molecule has 2 N–H and O–H groups in total. The molecule has 0 amide bonds. The Balaban J connectivity index is 0.000000463. The number of hydrogen-bond donors (Lipinski definition) is 2. The predicted octanol–water partition coefficient (Wildman–Crippen LogP) is 5.29. The van der Waals surface area contributed by atoms with E-state index in [2.05, 4.69) is 6.92 Å². The van der Waals surface area contributed by atoms with Crippen LogP contribution in [-0.4, -0.2) is 21.1 Å². The molecule has 0 saturated heterocycles. The molecule has 0 aliphatic heterocycles. The fourth-order valence-electron chi connectivity index (χ4n) is 2.21. The second-order valence-corrected chi connectivity index (χ2v) is 5.72. The van der Waals surface area contributed by atoms with Crippen molar-refractivity contribution in [2.45, 2.75) is 71.1 Å². The molecule has 1 aromatic carbocycles. The first-order chi connectivity index (χ1) is 11.5. The van der Waals surface area contributed by atoms with E-state index in [9.17, 15) is 14.9 Å². The molecule has 136 valence electrons. The molecule has 24 heavy (non-hydrogen) atoms. The van der Waals surface area contributed by atoms with Gasteiger partial charge >= 0.3 is 11.7 Å². The lowest BCUT2D eigenvalue weighted by molar-refractivity contribution is -0.385. The Morgan fingerprint density at radius 2 is 1.50 bits per heavy atom. The van der Waals surface area contributed by atoms with E-state index in [1.807, 2.05) is 0 Å². The normalized spacial score (nSPS) is 9.88. The van der Waals surface area contributed by atoms with Crippen LogP contribution in [0.3, 0.4) is 0 Å². The first kappa shape index (κ1) is 21.9. The summed E-state index contributed by atoms with van der Waals surface area (Å²) in [5.74, 6) is -0.958. The summed E-state index contributed by atoms with van der Waals surface area (Å²) in [5, 5.41) is 27.3. The number of benzene rings is 1. The van der Waals surface area contributed by atoms with Gasteiger partial charge in [0.2, 0.25) is 0 Å². The van der Waals surface area contributed by atoms with E-state index in [-0.39, 0.29) is 11.4 Å². The van der Waals surface area contributed by atoms with Crippen molar-refractivity contribution in [1.29, 1.82) is 0 Å². The SMILES string of the molecule is CCCCCCCCCCCC(=O)O.O=[N+]([O-])c1ccccc1O. The standard InChI is InChI=1S/C12H24O2.C6H5NO3/c1-2-3-4-5-6-7-8-9-10-11-12(13)14;8-6-4-2-1-3-5(6)7(9)10/h2-11H2,1H3,(H,13,14);1-4,8H. The highest BCUT2D eigenvalue weighted by atomic mass is 16.6. The van der Waals surface area contributed by atoms with E-state index in [1.54, 1.807) is 0 Å². The van der Waals surface area contributed by atoms with Crippen LogP contribution in [0.15, 0.2) is 24.3 Å². The van der Waals surface area contributed by atoms with E-state index in [1.165, 1.54) is 69.2 Å². The summed E-state index contributed by atoms with van der Waals surface area (Å²) in [6, 6.07) is 5.55. The molecule has 0 saturated carbocycles. The zero-order chi connectivity index (χ0) is 18.2. The van der Waals surface area contributed by atoms with Crippen molar-refractivity contribution in [3.8, 4) is 5.75 Å². The minimum atomic E-state index is -0.659. The topological polar surface area (TPSA) is 101 Å². The van der Waals surface area contributed by atoms with Crippen LogP contribution in [0.25, 0.3) is 0 Å². The molecule has 0 fully saturated rings. The van der Waals surface area contributed by atoms with Gasteiger partial charge in [-0.3, -0.25) is 14.9 Å². The van der Waals surface area contributed by atoms with Crippen LogP contribution in [0.4, 0.5) is 5.69 Å². The van der Waals surface area contributed by atoms with Crippen LogP contribution in [0.2, 0.25) is 0 Å². The number of phenolic OH excluding ortho intramolecular Hbond substituents is 1. The van der Waals surface area contributed by atoms with E-state index in [0.717, 1.165) is 12.8 Å². The maximum Gasteiger partial charge on any atom is 0.310 e. The highest BCUT2D eigenvalue weighted by Crippen LogP contribution is 2.23. The van der Waals surface area contributed by atoms with Crippen LogP contribution in [-0.2, 0) is 4.79 Å². The number of rotatable bonds is 11. The van der Waals surface area contributed by atoms with Gasteiger partial charge in [-0.25, -0.2) is 0 Å². The van der Waals surface area contributed by atoms with Gasteiger partial charge in [0.05, 0.1) is 4.92 Å². The molecule has 1 rings (SSSR count). The molecule has 0 unspecified atom stereocenters. The molecule has 0 aliphatic rings. The third-order valence-corrected chi connectivity index (χ3v) is 3.57. The number of nitro benzene ring substituents is 1. The maximum absolute atomic E-state index is 10.2. The Bertz CT molecular complexity index is 476. The maximum atomic E-state index is 10.2. The summed E-state index contributed by atoms with van der Waals surface area (Å²) in [6.45, 7) is 2.23. The predicted molar refractivity (Wildman–Crippen MR) is 94.2 cm³/mol. The van der Waals surface area contributed by atoms with Crippen LogP contribution >= 0.6 is 0 Å². The highest BCUT2D eigenvalue weighted by molar-refractivity contribution is 5.66. The number of unbranched alkanes of at least 4 members (excludes halogenated alkanes) is 8. The molecule has 6 heteroatoms. The number of aliphatic carboxylic acids is 1. The Kier molecular flexibility index (Phi) is 13.2. The molecule has 0 aromatic heterocycles. The third-order valence-electron chi connectivity index (χ3n) is 3.57. The van der Waals surface area contributed by atoms with E-state index in [4.69, 9.17) is 10.2 Å². The lowest BCUT2D eigenvalue weighted by atomic mass is 10.1. The number of carboxylic acids is 1. The van der Waals surface area contributed by atoms with Crippen molar-refractivity contribution in [1.82, 2.24) is 0 Å². The fourth-order valence-corrected chi connectivity index (χ4v) is 2.21. The number of carbonyl (C=O) groups is 1. The second-order valence-electron chi connectivity index (χ2n) is 5.72. The van der Waals surface area contributed by atoms with Crippen LogP contribution < -0.4 is 0 Å². The van der Waals surface area contributed by atoms with Crippen molar-refractivity contribution >= 4 is 11.7 Å². The van der Waals surface area contributed by atoms with Crippen LogP contribution in [0.1, 0.15) is 71.1 Å². The summed E-state index contributed by atoms with van der Waals surface area (Å²) in [6.07, 6.45) is 11.5. The number of nitrogens with zero attached hydrogens (tertiary/aromatic N) is 1. The second kappa shape index (κ2) is 14.5. The van der Waals surface area contributed by atoms with E-state index in [0.29, 0.717) is 6.42 Å². The molecule has 0 aliphatic carbocycles. The summed E-state index contributed by atoms with van der Waals surface area (Å²) in [5.41, 5.74) is -0.262. The summed E-state index contributed by atoms with van der Waals surface area (Å²) in [4.78, 5) is 19.6. The van der Waals surface area contributed by atoms with Gasteiger partial charge in [0.15, 0.2) is 5.75 Å². The molecule has 0 bridgehead atoms. The van der Waals surface area contributed by atoms with Crippen LogP contribution in [0, 0.1) is 10.1 Å². The molecule has 6 nitrogen and oxygen atoms in total. The van der Waals surface area contributed by atoms with Gasteiger partial charge in [-0.05, 0) is 12.5 Å². The smallest absolute Gasteiger partial charge is 0.310 e. The van der Waals surface area contributed by atoms with E-state index >= 15 is 0 Å². The van der Waals surface area contributed by atoms with Gasteiger partial charge in [-0.1, -0.05) is 70.4 Å². The van der Waals surface area contributed by atoms with Crippen molar-refractivity contribution in [3.05, 3.63) is 34.4 Å². The van der Waals surface area contributed by atoms with Gasteiger partial charge in [-0.2, -0.15) is 0 Å². The van der Waals surface area contributed by atoms with Crippen LogP contribution in [0.5, 0.6) is 5.75 Å². The summed E-state index contributed by atoms with van der Waals surface area (Å²) < 4.78 is 0. The first-order valence-corrected chi connectivity index (χ1v) is 8.63. The molecular formula is C18H29NO5. The number of aromatic hydroxyl groups is 1. The Hall–Kier alpha value is -2.11. The average Bonchev–Trinajstić information content (AvgIpc) is 2.54.